The van der Waals surface area contributed by atoms with E-state index in [-0.39, 0.29) is 0 Å². The van der Waals surface area contributed by atoms with Gasteiger partial charge < -0.3 is 4.74 Å². The standard InChI is InChI=1S/C22H19BrClNO/c1-15-3-9-21(16(2)11-15)25-13-18-12-20(24)8-10-22(18)26-14-17-4-6-19(23)7-5-17/h3-13H,14H2,1-2H3. The van der Waals surface area contributed by atoms with Crippen LogP contribution in [0.15, 0.2) is 70.1 Å². The third-order valence-electron chi connectivity index (χ3n) is 3.97. The Morgan fingerprint density at radius 3 is 2.50 bits per heavy atom. The maximum atomic E-state index is 6.16. The summed E-state index contributed by atoms with van der Waals surface area (Å²) in [7, 11) is 0. The van der Waals surface area contributed by atoms with E-state index in [0.29, 0.717) is 11.6 Å². The number of ether oxygens (including phenoxy) is 1. The molecular weight excluding hydrogens is 410 g/mol. The van der Waals surface area contributed by atoms with Gasteiger partial charge in [0.2, 0.25) is 0 Å². The molecule has 0 amide bonds. The summed E-state index contributed by atoms with van der Waals surface area (Å²) in [6, 6.07) is 19.8. The van der Waals surface area contributed by atoms with Crippen LogP contribution in [-0.2, 0) is 6.61 Å². The Morgan fingerprint density at radius 1 is 1.00 bits per heavy atom. The van der Waals surface area contributed by atoms with E-state index >= 15 is 0 Å². The van der Waals surface area contributed by atoms with Crippen molar-refractivity contribution in [1.29, 1.82) is 0 Å². The Hall–Kier alpha value is -2.10. The minimum absolute atomic E-state index is 0.485. The first kappa shape index (κ1) is 18.7. The normalized spacial score (nSPS) is 11.1. The van der Waals surface area contributed by atoms with Crippen LogP contribution in [0.1, 0.15) is 22.3 Å². The van der Waals surface area contributed by atoms with Gasteiger partial charge in [-0.15, -0.1) is 0 Å². The molecule has 0 heterocycles. The van der Waals surface area contributed by atoms with Crippen LogP contribution < -0.4 is 4.74 Å². The van der Waals surface area contributed by atoms with Crippen LogP contribution in [0.25, 0.3) is 0 Å². The zero-order valence-corrected chi connectivity index (χ0v) is 17.0. The fourth-order valence-corrected chi connectivity index (χ4v) is 3.03. The van der Waals surface area contributed by atoms with Crippen LogP contribution >= 0.6 is 27.5 Å². The van der Waals surface area contributed by atoms with Crippen molar-refractivity contribution < 1.29 is 4.74 Å². The second-order valence-corrected chi connectivity index (χ2v) is 7.50. The molecule has 0 atom stereocenters. The van der Waals surface area contributed by atoms with Crippen LogP contribution in [0, 0.1) is 13.8 Å². The molecule has 132 valence electrons. The monoisotopic (exact) mass is 427 g/mol. The van der Waals surface area contributed by atoms with E-state index in [4.69, 9.17) is 16.3 Å². The highest BCUT2D eigenvalue weighted by Crippen LogP contribution is 2.25. The third kappa shape index (κ3) is 4.96. The van der Waals surface area contributed by atoms with E-state index in [9.17, 15) is 0 Å². The van der Waals surface area contributed by atoms with E-state index in [1.807, 2.05) is 48.5 Å². The molecule has 0 N–H and O–H groups in total. The molecule has 0 aliphatic carbocycles. The predicted molar refractivity (Wildman–Crippen MR) is 113 cm³/mol. The average molecular weight is 429 g/mol. The first-order chi connectivity index (χ1) is 12.5. The zero-order valence-electron chi connectivity index (χ0n) is 14.7. The SMILES string of the molecule is Cc1ccc(N=Cc2cc(Cl)ccc2OCc2ccc(Br)cc2)c(C)c1. The minimum Gasteiger partial charge on any atom is -0.488 e. The Labute approximate surface area is 167 Å². The highest BCUT2D eigenvalue weighted by atomic mass is 79.9. The summed E-state index contributed by atoms with van der Waals surface area (Å²) in [6.45, 7) is 4.62. The van der Waals surface area contributed by atoms with Gasteiger partial charge in [-0.25, -0.2) is 0 Å². The van der Waals surface area contributed by atoms with Crippen LogP contribution in [-0.4, -0.2) is 6.21 Å². The first-order valence-electron chi connectivity index (χ1n) is 8.29. The molecule has 0 aliphatic heterocycles. The van der Waals surface area contributed by atoms with Crippen molar-refractivity contribution in [3.05, 3.63) is 92.4 Å². The molecule has 0 aliphatic rings. The number of halogens is 2. The van der Waals surface area contributed by atoms with E-state index < -0.39 is 0 Å². The number of hydrogen-bond donors (Lipinski definition) is 0. The summed E-state index contributed by atoms with van der Waals surface area (Å²) in [4.78, 5) is 4.62. The van der Waals surface area contributed by atoms with Crippen molar-refractivity contribution in [3.8, 4) is 5.75 Å². The van der Waals surface area contributed by atoms with Gasteiger partial charge in [0.25, 0.3) is 0 Å². The van der Waals surface area contributed by atoms with Crippen molar-refractivity contribution in [3.63, 3.8) is 0 Å². The highest BCUT2D eigenvalue weighted by molar-refractivity contribution is 9.10. The Morgan fingerprint density at radius 2 is 1.77 bits per heavy atom. The molecule has 26 heavy (non-hydrogen) atoms. The van der Waals surface area contributed by atoms with E-state index in [2.05, 4.69) is 46.9 Å². The number of rotatable bonds is 5. The maximum absolute atomic E-state index is 6.16. The topological polar surface area (TPSA) is 21.6 Å². The van der Waals surface area contributed by atoms with Gasteiger partial charge in [-0.3, -0.25) is 4.99 Å². The molecule has 0 unspecified atom stereocenters. The molecule has 3 rings (SSSR count). The van der Waals surface area contributed by atoms with E-state index in [0.717, 1.165) is 32.6 Å². The molecule has 2 nitrogen and oxygen atoms in total. The van der Waals surface area contributed by atoms with Gasteiger partial charge >= 0.3 is 0 Å². The molecular formula is C22H19BrClNO. The Bertz CT molecular complexity index is 935. The lowest BCUT2D eigenvalue weighted by molar-refractivity contribution is 0.306. The quantitative estimate of drug-likeness (QED) is 0.399. The van der Waals surface area contributed by atoms with Gasteiger partial charge in [0, 0.05) is 21.3 Å². The lowest BCUT2D eigenvalue weighted by Gasteiger charge is -2.10. The van der Waals surface area contributed by atoms with Crippen LogP contribution in [0.4, 0.5) is 5.69 Å². The van der Waals surface area contributed by atoms with Crippen molar-refractivity contribution >= 4 is 39.4 Å². The lowest BCUT2D eigenvalue weighted by atomic mass is 10.1. The summed E-state index contributed by atoms with van der Waals surface area (Å²) in [5, 5.41) is 0.656. The average Bonchev–Trinajstić information content (AvgIpc) is 2.61. The molecule has 0 saturated heterocycles. The summed E-state index contributed by atoms with van der Waals surface area (Å²) in [5.41, 5.74) is 5.26. The molecule has 3 aromatic rings. The van der Waals surface area contributed by atoms with Crippen LogP contribution in [0.2, 0.25) is 5.02 Å². The largest absolute Gasteiger partial charge is 0.488 e. The number of aliphatic imine (C=N–C) groups is 1. The highest BCUT2D eigenvalue weighted by Gasteiger charge is 2.05. The van der Waals surface area contributed by atoms with Crippen LogP contribution in [0.3, 0.4) is 0 Å². The summed E-state index contributed by atoms with van der Waals surface area (Å²) < 4.78 is 7.04. The maximum Gasteiger partial charge on any atom is 0.128 e. The summed E-state index contributed by atoms with van der Waals surface area (Å²) in [6.07, 6.45) is 1.81. The van der Waals surface area contributed by atoms with Crippen molar-refractivity contribution in [2.24, 2.45) is 4.99 Å². The van der Waals surface area contributed by atoms with Gasteiger partial charge in [0.1, 0.15) is 12.4 Å². The molecule has 0 saturated carbocycles. The second kappa shape index (κ2) is 8.52. The van der Waals surface area contributed by atoms with E-state index in [1.54, 1.807) is 6.21 Å². The summed E-state index contributed by atoms with van der Waals surface area (Å²) in [5.74, 6) is 0.755. The molecule has 4 heteroatoms. The number of aryl methyl sites for hydroxylation is 2. The Balaban J connectivity index is 1.81. The van der Waals surface area contributed by atoms with Gasteiger partial charge in [-0.1, -0.05) is 57.4 Å². The molecule has 0 radical (unpaired) electrons. The fourth-order valence-electron chi connectivity index (χ4n) is 2.58. The molecule has 3 aromatic carbocycles. The number of hydrogen-bond acceptors (Lipinski definition) is 2. The zero-order chi connectivity index (χ0) is 18.5. The van der Waals surface area contributed by atoms with E-state index in [1.165, 1.54) is 5.56 Å². The Kier molecular flexibility index (Phi) is 6.12. The van der Waals surface area contributed by atoms with Crippen LogP contribution in [0.5, 0.6) is 5.75 Å². The van der Waals surface area contributed by atoms with Gasteiger partial charge in [-0.2, -0.15) is 0 Å². The molecule has 0 aromatic heterocycles. The predicted octanol–water partition coefficient (Wildman–Crippen LogP) is 7.05. The number of nitrogens with zero attached hydrogens (tertiary/aromatic N) is 1. The minimum atomic E-state index is 0.485. The van der Waals surface area contributed by atoms with Gasteiger partial charge in [0.15, 0.2) is 0 Å². The molecule has 0 fully saturated rings. The van der Waals surface area contributed by atoms with Crippen molar-refractivity contribution in [1.82, 2.24) is 0 Å². The fraction of sp³-hybridized carbons (Fsp3) is 0.136. The van der Waals surface area contributed by atoms with Gasteiger partial charge in [-0.05, 0) is 61.4 Å². The lowest BCUT2D eigenvalue weighted by Crippen LogP contribution is -1.98. The summed E-state index contributed by atoms with van der Waals surface area (Å²) >= 11 is 9.60. The number of benzene rings is 3. The first-order valence-corrected chi connectivity index (χ1v) is 9.46. The van der Waals surface area contributed by atoms with Crippen molar-refractivity contribution in [2.75, 3.05) is 0 Å². The smallest absolute Gasteiger partial charge is 0.128 e. The third-order valence-corrected chi connectivity index (χ3v) is 4.74. The molecule has 0 bridgehead atoms. The van der Waals surface area contributed by atoms with Gasteiger partial charge in [0.05, 0.1) is 5.69 Å². The second-order valence-electron chi connectivity index (χ2n) is 6.15. The van der Waals surface area contributed by atoms with Crippen molar-refractivity contribution in [2.45, 2.75) is 20.5 Å². The molecule has 0 spiro atoms.